The third-order valence-corrected chi connectivity index (χ3v) is 4.61. The summed E-state index contributed by atoms with van der Waals surface area (Å²) in [5.41, 5.74) is 5.76. The smallest absolute Gasteiger partial charge is 0.234 e. The second kappa shape index (κ2) is 4.28. The summed E-state index contributed by atoms with van der Waals surface area (Å²) < 4.78 is 1.86. The van der Waals surface area contributed by atoms with E-state index in [-0.39, 0.29) is 10.8 Å². The highest BCUT2D eigenvalue weighted by molar-refractivity contribution is 7.16. The molecule has 6 heteroatoms. The van der Waals surface area contributed by atoms with E-state index in [1.165, 1.54) is 0 Å². The van der Waals surface area contributed by atoms with Crippen LogP contribution in [0.25, 0.3) is 4.96 Å². The molecule has 1 atom stereocenters. The molecular weight excluding hydrogens is 246 g/mol. The van der Waals surface area contributed by atoms with Crippen LogP contribution in [-0.4, -0.2) is 26.4 Å². The zero-order valence-corrected chi connectivity index (χ0v) is 12.5. The van der Waals surface area contributed by atoms with Crippen LogP contribution in [0.3, 0.4) is 0 Å². The Morgan fingerprint density at radius 2 is 1.89 bits per heavy atom. The van der Waals surface area contributed by atoms with Crippen molar-refractivity contribution < 1.29 is 0 Å². The molecule has 0 aliphatic rings. The van der Waals surface area contributed by atoms with E-state index >= 15 is 0 Å². The standard InChI is InChI=1S/C12H21N5S/c1-6-12(5,7-13)9-16-17-8(11(2,3)4)14-15-10(17)18-9/h6-7,13H2,1-5H3. The van der Waals surface area contributed by atoms with Crippen LogP contribution < -0.4 is 5.73 Å². The Bertz CT molecular complexity index is 544. The van der Waals surface area contributed by atoms with Gasteiger partial charge in [-0.25, -0.2) is 0 Å². The van der Waals surface area contributed by atoms with Crippen molar-refractivity contribution in [2.75, 3.05) is 6.54 Å². The minimum absolute atomic E-state index is 0.0594. The summed E-state index contributed by atoms with van der Waals surface area (Å²) in [5.74, 6) is 0.899. The van der Waals surface area contributed by atoms with Crippen molar-refractivity contribution in [3.8, 4) is 0 Å². The fourth-order valence-corrected chi connectivity index (χ4v) is 2.78. The quantitative estimate of drug-likeness (QED) is 0.924. The fraction of sp³-hybridized carbons (Fsp3) is 0.750. The van der Waals surface area contributed by atoms with E-state index in [4.69, 9.17) is 5.73 Å². The van der Waals surface area contributed by atoms with Crippen molar-refractivity contribution in [2.45, 2.75) is 51.9 Å². The summed E-state index contributed by atoms with van der Waals surface area (Å²) in [5, 5.41) is 14.2. The summed E-state index contributed by atoms with van der Waals surface area (Å²) in [7, 11) is 0. The van der Waals surface area contributed by atoms with Crippen molar-refractivity contribution >= 4 is 16.3 Å². The molecule has 0 aliphatic carbocycles. The van der Waals surface area contributed by atoms with Crippen molar-refractivity contribution in [3.63, 3.8) is 0 Å². The van der Waals surface area contributed by atoms with E-state index in [1.807, 2.05) is 4.52 Å². The van der Waals surface area contributed by atoms with Gasteiger partial charge in [-0.2, -0.15) is 9.61 Å². The van der Waals surface area contributed by atoms with Gasteiger partial charge in [0, 0.05) is 17.4 Å². The molecule has 2 heterocycles. The fourth-order valence-electron chi connectivity index (χ4n) is 1.71. The first kappa shape index (κ1) is 13.4. The molecule has 0 saturated carbocycles. The summed E-state index contributed by atoms with van der Waals surface area (Å²) >= 11 is 1.59. The van der Waals surface area contributed by atoms with E-state index in [2.05, 4.69) is 49.9 Å². The van der Waals surface area contributed by atoms with Crippen molar-refractivity contribution in [1.29, 1.82) is 0 Å². The Kier molecular flexibility index (Phi) is 3.19. The normalized spacial score (nSPS) is 16.1. The Morgan fingerprint density at radius 1 is 1.22 bits per heavy atom. The first-order valence-electron chi connectivity index (χ1n) is 6.25. The predicted octanol–water partition coefficient (Wildman–Crippen LogP) is 2.11. The van der Waals surface area contributed by atoms with Crippen LogP contribution in [0.4, 0.5) is 0 Å². The molecule has 2 rings (SSSR count). The first-order chi connectivity index (χ1) is 8.31. The SMILES string of the molecule is CCC(C)(CN)c1nn2c(C(C)(C)C)nnc2s1. The summed E-state index contributed by atoms with van der Waals surface area (Å²) in [6.07, 6.45) is 0.971. The highest BCUT2D eigenvalue weighted by atomic mass is 32.1. The largest absolute Gasteiger partial charge is 0.330 e. The van der Waals surface area contributed by atoms with Gasteiger partial charge < -0.3 is 5.73 Å². The Morgan fingerprint density at radius 3 is 2.39 bits per heavy atom. The minimum atomic E-state index is -0.0689. The average Bonchev–Trinajstić information content (AvgIpc) is 2.85. The van der Waals surface area contributed by atoms with Gasteiger partial charge in [-0.05, 0) is 6.42 Å². The Hall–Kier alpha value is -1.01. The maximum absolute atomic E-state index is 5.89. The molecule has 0 amide bonds. The molecule has 0 spiro atoms. The van der Waals surface area contributed by atoms with Gasteiger partial charge in [-0.15, -0.1) is 10.2 Å². The number of hydrogen-bond acceptors (Lipinski definition) is 5. The van der Waals surface area contributed by atoms with Gasteiger partial charge in [0.1, 0.15) is 5.01 Å². The van der Waals surface area contributed by atoms with E-state index in [0.717, 1.165) is 22.2 Å². The Labute approximate surface area is 111 Å². The third-order valence-electron chi connectivity index (χ3n) is 3.41. The topological polar surface area (TPSA) is 69.1 Å². The number of rotatable bonds is 3. The lowest BCUT2D eigenvalue weighted by Gasteiger charge is -2.22. The van der Waals surface area contributed by atoms with Crippen molar-refractivity contribution in [1.82, 2.24) is 19.8 Å². The molecule has 1 unspecified atom stereocenters. The van der Waals surface area contributed by atoms with Crippen LogP contribution in [-0.2, 0) is 10.8 Å². The summed E-state index contributed by atoms with van der Waals surface area (Å²) in [4.78, 5) is 0.850. The lowest BCUT2D eigenvalue weighted by atomic mass is 9.89. The van der Waals surface area contributed by atoms with Crippen LogP contribution in [0, 0.1) is 0 Å². The van der Waals surface area contributed by atoms with Gasteiger partial charge in [-0.1, -0.05) is 46.0 Å². The molecule has 5 nitrogen and oxygen atoms in total. The van der Waals surface area contributed by atoms with Crippen LogP contribution in [0.1, 0.15) is 51.9 Å². The predicted molar refractivity (Wildman–Crippen MR) is 74.1 cm³/mol. The monoisotopic (exact) mass is 267 g/mol. The van der Waals surface area contributed by atoms with Gasteiger partial charge in [-0.3, -0.25) is 0 Å². The minimum Gasteiger partial charge on any atom is -0.330 e. The molecule has 2 N–H and O–H groups in total. The van der Waals surface area contributed by atoms with Crippen molar-refractivity contribution in [3.05, 3.63) is 10.8 Å². The van der Waals surface area contributed by atoms with Gasteiger partial charge >= 0.3 is 0 Å². The maximum atomic E-state index is 5.89. The molecule has 0 fully saturated rings. The molecule has 0 aliphatic heterocycles. The first-order valence-corrected chi connectivity index (χ1v) is 7.07. The van der Waals surface area contributed by atoms with Crippen LogP contribution in [0.5, 0.6) is 0 Å². The second-order valence-corrected chi connectivity index (χ2v) is 6.95. The van der Waals surface area contributed by atoms with Crippen LogP contribution in [0.15, 0.2) is 0 Å². The highest BCUT2D eigenvalue weighted by Crippen LogP contribution is 2.31. The van der Waals surface area contributed by atoms with E-state index in [1.54, 1.807) is 11.3 Å². The lowest BCUT2D eigenvalue weighted by molar-refractivity contribution is 0.453. The Balaban J connectivity index is 2.55. The summed E-state index contributed by atoms with van der Waals surface area (Å²) in [6.45, 7) is 11.2. The molecule has 2 aromatic rings. The molecule has 0 saturated heterocycles. The van der Waals surface area contributed by atoms with Gasteiger partial charge in [0.25, 0.3) is 0 Å². The summed E-state index contributed by atoms with van der Waals surface area (Å²) in [6, 6.07) is 0. The van der Waals surface area contributed by atoms with Gasteiger partial charge in [0.15, 0.2) is 5.82 Å². The lowest BCUT2D eigenvalue weighted by Crippen LogP contribution is -2.31. The number of nitrogens with two attached hydrogens (primary N) is 1. The van der Waals surface area contributed by atoms with E-state index < -0.39 is 0 Å². The molecule has 0 radical (unpaired) electrons. The van der Waals surface area contributed by atoms with Crippen LogP contribution >= 0.6 is 11.3 Å². The van der Waals surface area contributed by atoms with Gasteiger partial charge in [0.2, 0.25) is 4.96 Å². The second-order valence-electron chi connectivity index (χ2n) is 5.99. The number of aromatic nitrogens is 4. The van der Waals surface area contributed by atoms with E-state index in [0.29, 0.717) is 6.54 Å². The number of hydrogen-bond donors (Lipinski definition) is 1. The molecule has 0 bridgehead atoms. The number of fused-ring (bicyclic) bond motifs is 1. The molecule has 100 valence electrons. The average molecular weight is 267 g/mol. The zero-order chi connectivity index (χ0) is 13.6. The maximum Gasteiger partial charge on any atom is 0.234 e. The highest BCUT2D eigenvalue weighted by Gasteiger charge is 2.30. The molecular formula is C12H21N5S. The van der Waals surface area contributed by atoms with Gasteiger partial charge in [0.05, 0.1) is 0 Å². The van der Waals surface area contributed by atoms with Crippen LogP contribution in [0.2, 0.25) is 0 Å². The zero-order valence-electron chi connectivity index (χ0n) is 11.7. The van der Waals surface area contributed by atoms with E-state index in [9.17, 15) is 0 Å². The van der Waals surface area contributed by atoms with Crippen molar-refractivity contribution in [2.24, 2.45) is 5.73 Å². The third kappa shape index (κ3) is 2.03. The molecule has 0 aromatic carbocycles. The molecule has 2 aromatic heterocycles. The molecule has 18 heavy (non-hydrogen) atoms. The number of nitrogens with zero attached hydrogens (tertiary/aromatic N) is 4.